The number of amides is 1. The van der Waals surface area contributed by atoms with Gasteiger partial charge in [0.15, 0.2) is 0 Å². The molecule has 0 radical (unpaired) electrons. The SMILES string of the molecule is COc1ccc(C)cc1N(C(C)C(=O)NCCCc1ccc(Cl)cc1)S(C)(=O)=O. The van der Waals surface area contributed by atoms with E-state index in [4.69, 9.17) is 16.3 Å². The van der Waals surface area contributed by atoms with E-state index in [1.165, 1.54) is 7.11 Å². The molecule has 0 aliphatic rings. The van der Waals surface area contributed by atoms with Gasteiger partial charge in [0.1, 0.15) is 11.8 Å². The summed E-state index contributed by atoms with van der Waals surface area (Å²) in [6.07, 6.45) is 2.60. The Labute approximate surface area is 177 Å². The fourth-order valence-electron chi connectivity index (χ4n) is 3.06. The molecule has 2 aromatic carbocycles. The number of aryl methyl sites for hydroxylation is 2. The number of carbonyl (C=O) groups excluding carboxylic acids is 1. The van der Waals surface area contributed by atoms with Crippen molar-refractivity contribution in [1.29, 1.82) is 0 Å². The maximum atomic E-state index is 12.7. The minimum Gasteiger partial charge on any atom is -0.495 e. The minimum absolute atomic E-state index is 0.346. The zero-order valence-electron chi connectivity index (χ0n) is 17.1. The molecule has 1 amide bonds. The quantitative estimate of drug-likeness (QED) is 0.607. The lowest BCUT2D eigenvalue weighted by Crippen LogP contribution is -2.48. The predicted molar refractivity (Wildman–Crippen MR) is 117 cm³/mol. The van der Waals surface area contributed by atoms with Crippen LogP contribution in [-0.2, 0) is 21.2 Å². The zero-order chi connectivity index (χ0) is 21.6. The van der Waals surface area contributed by atoms with Gasteiger partial charge >= 0.3 is 0 Å². The molecule has 0 aromatic heterocycles. The Kier molecular flexibility index (Phi) is 7.93. The molecule has 0 spiro atoms. The van der Waals surface area contributed by atoms with Crippen LogP contribution in [0.25, 0.3) is 0 Å². The Morgan fingerprint density at radius 1 is 1.21 bits per heavy atom. The van der Waals surface area contributed by atoms with E-state index in [0.29, 0.717) is 23.0 Å². The summed E-state index contributed by atoms with van der Waals surface area (Å²) in [5.74, 6) is 0.0264. The highest BCUT2D eigenvalue weighted by Crippen LogP contribution is 2.32. The monoisotopic (exact) mass is 438 g/mol. The number of nitrogens with zero attached hydrogens (tertiary/aromatic N) is 1. The van der Waals surface area contributed by atoms with E-state index in [1.807, 2.05) is 37.3 Å². The van der Waals surface area contributed by atoms with Crippen LogP contribution in [0.15, 0.2) is 42.5 Å². The van der Waals surface area contributed by atoms with E-state index in [1.54, 1.807) is 19.1 Å². The highest BCUT2D eigenvalue weighted by molar-refractivity contribution is 7.92. The average molecular weight is 439 g/mol. The Morgan fingerprint density at radius 2 is 1.86 bits per heavy atom. The summed E-state index contributed by atoms with van der Waals surface area (Å²) in [6.45, 7) is 3.86. The summed E-state index contributed by atoms with van der Waals surface area (Å²) in [7, 11) is -2.24. The third kappa shape index (κ3) is 6.37. The normalized spacial score (nSPS) is 12.3. The Balaban J connectivity index is 2.07. The number of halogens is 1. The fourth-order valence-corrected chi connectivity index (χ4v) is 4.35. The van der Waals surface area contributed by atoms with E-state index in [-0.39, 0.29) is 5.91 Å². The average Bonchev–Trinajstić information content (AvgIpc) is 2.65. The minimum atomic E-state index is -3.71. The number of hydrogen-bond acceptors (Lipinski definition) is 4. The molecule has 2 aromatic rings. The van der Waals surface area contributed by atoms with Crippen molar-refractivity contribution in [3.05, 3.63) is 58.6 Å². The zero-order valence-corrected chi connectivity index (χ0v) is 18.7. The van der Waals surface area contributed by atoms with Crippen LogP contribution in [0.5, 0.6) is 5.75 Å². The van der Waals surface area contributed by atoms with Gasteiger partial charge in [0, 0.05) is 11.6 Å². The molecule has 0 saturated carbocycles. The first-order chi connectivity index (χ1) is 13.6. The number of hydrogen-bond donors (Lipinski definition) is 1. The third-order valence-electron chi connectivity index (χ3n) is 4.52. The molecule has 29 heavy (non-hydrogen) atoms. The number of carbonyl (C=O) groups is 1. The van der Waals surface area contributed by atoms with Crippen LogP contribution in [0.2, 0.25) is 5.02 Å². The number of benzene rings is 2. The molecular weight excluding hydrogens is 412 g/mol. The molecular formula is C21H27ClN2O4S. The van der Waals surface area contributed by atoms with Gasteiger partial charge in [-0.15, -0.1) is 0 Å². The van der Waals surface area contributed by atoms with Gasteiger partial charge in [0.2, 0.25) is 15.9 Å². The van der Waals surface area contributed by atoms with Crippen LogP contribution in [-0.4, -0.2) is 40.3 Å². The summed E-state index contributed by atoms with van der Waals surface area (Å²) >= 11 is 5.88. The van der Waals surface area contributed by atoms with Crippen molar-refractivity contribution in [2.45, 2.75) is 32.7 Å². The molecule has 0 bridgehead atoms. The molecule has 0 aliphatic heterocycles. The summed E-state index contributed by atoms with van der Waals surface area (Å²) in [6, 6.07) is 11.8. The van der Waals surface area contributed by atoms with Crippen molar-refractivity contribution in [1.82, 2.24) is 5.32 Å². The molecule has 0 saturated heterocycles. The van der Waals surface area contributed by atoms with Gasteiger partial charge in [-0.25, -0.2) is 8.42 Å². The standard InChI is InChI=1S/C21H27ClN2O4S/c1-15-7-12-20(28-3)19(14-15)24(29(4,26)27)16(2)21(25)23-13-5-6-17-8-10-18(22)11-9-17/h7-12,14,16H,5-6,13H2,1-4H3,(H,23,25). The Bertz CT molecular complexity index is 946. The van der Waals surface area contributed by atoms with E-state index < -0.39 is 16.1 Å². The summed E-state index contributed by atoms with van der Waals surface area (Å²) in [5.41, 5.74) is 2.34. The molecule has 0 aliphatic carbocycles. The second-order valence-electron chi connectivity index (χ2n) is 6.93. The molecule has 1 unspecified atom stereocenters. The van der Waals surface area contributed by atoms with Gasteiger partial charge in [-0.3, -0.25) is 9.10 Å². The van der Waals surface area contributed by atoms with Crippen molar-refractivity contribution in [3.8, 4) is 5.75 Å². The third-order valence-corrected chi connectivity index (χ3v) is 5.99. The lowest BCUT2D eigenvalue weighted by Gasteiger charge is -2.29. The predicted octanol–water partition coefficient (Wildman–Crippen LogP) is 3.56. The molecule has 6 nitrogen and oxygen atoms in total. The lowest BCUT2D eigenvalue weighted by molar-refractivity contribution is -0.121. The lowest BCUT2D eigenvalue weighted by atomic mass is 10.1. The molecule has 0 heterocycles. The van der Waals surface area contributed by atoms with Gasteiger partial charge in [-0.2, -0.15) is 0 Å². The largest absolute Gasteiger partial charge is 0.495 e. The second kappa shape index (κ2) is 9.98. The molecule has 8 heteroatoms. The smallest absolute Gasteiger partial charge is 0.243 e. The van der Waals surface area contributed by atoms with Crippen molar-refractivity contribution < 1.29 is 17.9 Å². The first-order valence-electron chi connectivity index (χ1n) is 9.29. The van der Waals surface area contributed by atoms with Crippen molar-refractivity contribution >= 4 is 33.2 Å². The van der Waals surface area contributed by atoms with Crippen molar-refractivity contribution in [3.63, 3.8) is 0 Å². The van der Waals surface area contributed by atoms with Crippen LogP contribution in [0.1, 0.15) is 24.5 Å². The van der Waals surface area contributed by atoms with E-state index in [0.717, 1.165) is 34.5 Å². The molecule has 0 fully saturated rings. The van der Waals surface area contributed by atoms with Crippen LogP contribution < -0.4 is 14.4 Å². The number of ether oxygens (including phenoxy) is 1. The number of nitrogens with one attached hydrogen (secondary N) is 1. The highest BCUT2D eigenvalue weighted by Gasteiger charge is 2.31. The first kappa shape index (κ1) is 23.0. The fraction of sp³-hybridized carbons (Fsp3) is 0.381. The number of anilines is 1. The topological polar surface area (TPSA) is 75.7 Å². The number of sulfonamides is 1. The summed E-state index contributed by atoms with van der Waals surface area (Å²) in [5, 5.41) is 3.51. The van der Waals surface area contributed by atoms with Gasteiger partial charge in [0.25, 0.3) is 0 Å². The van der Waals surface area contributed by atoms with E-state index in [9.17, 15) is 13.2 Å². The first-order valence-corrected chi connectivity index (χ1v) is 11.5. The Morgan fingerprint density at radius 3 is 2.45 bits per heavy atom. The Hall–Kier alpha value is -2.25. The number of rotatable bonds is 9. The molecule has 1 atom stereocenters. The van der Waals surface area contributed by atoms with Crippen molar-refractivity contribution in [2.24, 2.45) is 0 Å². The van der Waals surface area contributed by atoms with E-state index >= 15 is 0 Å². The van der Waals surface area contributed by atoms with Crippen molar-refractivity contribution in [2.75, 3.05) is 24.2 Å². The van der Waals surface area contributed by atoms with Crippen LogP contribution in [0.4, 0.5) is 5.69 Å². The maximum absolute atomic E-state index is 12.7. The second-order valence-corrected chi connectivity index (χ2v) is 9.23. The highest BCUT2D eigenvalue weighted by atomic mass is 35.5. The molecule has 1 N–H and O–H groups in total. The van der Waals surface area contributed by atoms with Gasteiger partial charge in [-0.1, -0.05) is 29.8 Å². The van der Waals surface area contributed by atoms with E-state index in [2.05, 4.69) is 5.32 Å². The molecule has 158 valence electrons. The van der Waals surface area contributed by atoms with Crippen LogP contribution >= 0.6 is 11.6 Å². The van der Waals surface area contributed by atoms with Gasteiger partial charge < -0.3 is 10.1 Å². The van der Waals surface area contributed by atoms with Crippen LogP contribution in [0.3, 0.4) is 0 Å². The van der Waals surface area contributed by atoms with Gasteiger partial charge in [-0.05, 0) is 62.1 Å². The maximum Gasteiger partial charge on any atom is 0.243 e. The summed E-state index contributed by atoms with van der Waals surface area (Å²) in [4.78, 5) is 12.7. The van der Waals surface area contributed by atoms with Crippen LogP contribution in [0, 0.1) is 6.92 Å². The number of methoxy groups -OCH3 is 1. The molecule has 2 rings (SSSR count). The van der Waals surface area contributed by atoms with Gasteiger partial charge in [0.05, 0.1) is 19.1 Å². The summed E-state index contributed by atoms with van der Waals surface area (Å²) < 4.78 is 31.4.